The molecular formula is C12H15N3O2S2. The maximum atomic E-state index is 12.1. The number of nitrogens with two attached hydrogens (primary N) is 1. The predicted molar refractivity (Wildman–Crippen MR) is 76.5 cm³/mol. The van der Waals surface area contributed by atoms with Gasteiger partial charge in [0.05, 0.1) is 10.7 Å². The molecule has 7 heteroatoms. The summed E-state index contributed by atoms with van der Waals surface area (Å²) in [5.41, 5.74) is 6.93. The summed E-state index contributed by atoms with van der Waals surface area (Å²) in [6.07, 6.45) is 1.67. The first kappa shape index (κ1) is 14.0. The van der Waals surface area contributed by atoms with Crippen LogP contribution in [0, 0.1) is 13.8 Å². The van der Waals surface area contributed by atoms with Gasteiger partial charge >= 0.3 is 0 Å². The van der Waals surface area contributed by atoms with Gasteiger partial charge in [0.15, 0.2) is 0 Å². The van der Waals surface area contributed by atoms with Gasteiger partial charge in [-0.05, 0) is 31.5 Å². The normalized spacial score (nSPS) is 11.7. The third kappa shape index (κ3) is 3.31. The van der Waals surface area contributed by atoms with E-state index in [1.54, 1.807) is 18.3 Å². The Balaban J connectivity index is 2.18. The zero-order chi connectivity index (χ0) is 14.0. The molecule has 0 unspecified atom stereocenters. The van der Waals surface area contributed by atoms with Crippen LogP contribution in [0.25, 0.3) is 0 Å². The number of benzene rings is 1. The monoisotopic (exact) mass is 297 g/mol. The Bertz CT molecular complexity index is 693. The van der Waals surface area contributed by atoms with Gasteiger partial charge in [-0.25, -0.2) is 18.1 Å². The minimum absolute atomic E-state index is 0.110. The number of aromatic nitrogens is 1. The van der Waals surface area contributed by atoms with Gasteiger partial charge in [-0.15, -0.1) is 11.3 Å². The Morgan fingerprint density at radius 1 is 1.37 bits per heavy atom. The number of rotatable bonds is 4. The quantitative estimate of drug-likeness (QED) is 0.843. The van der Waals surface area contributed by atoms with Gasteiger partial charge < -0.3 is 5.73 Å². The van der Waals surface area contributed by atoms with E-state index in [0.717, 1.165) is 15.4 Å². The highest BCUT2D eigenvalue weighted by atomic mass is 32.2. The van der Waals surface area contributed by atoms with Crippen molar-refractivity contribution in [2.45, 2.75) is 25.3 Å². The summed E-state index contributed by atoms with van der Waals surface area (Å²) >= 11 is 1.46. The molecule has 0 atom stereocenters. The molecule has 2 aromatic rings. The van der Waals surface area contributed by atoms with Crippen LogP contribution in [0.1, 0.15) is 15.4 Å². The maximum Gasteiger partial charge on any atom is 0.242 e. The van der Waals surface area contributed by atoms with Crippen molar-refractivity contribution in [1.82, 2.24) is 9.71 Å². The molecule has 0 aliphatic heterocycles. The first-order valence-electron chi connectivity index (χ1n) is 5.65. The van der Waals surface area contributed by atoms with E-state index in [1.807, 2.05) is 13.8 Å². The highest BCUT2D eigenvalue weighted by molar-refractivity contribution is 7.89. The van der Waals surface area contributed by atoms with Crippen molar-refractivity contribution >= 4 is 27.0 Å². The van der Waals surface area contributed by atoms with Crippen LogP contribution in [-0.4, -0.2) is 13.4 Å². The van der Waals surface area contributed by atoms with Crippen molar-refractivity contribution in [2.24, 2.45) is 0 Å². The average molecular weight is 297 g/mol. The van der Waals surface area contributed by atoms with Crippen molar-refractivity contribution in [2.75, 3.05) is 5.73 Å². The molecule has 0 amide bonds. The van der Waals surface area contributed by atoms with Gasteiger partial charge in [0.1, 0.15) is 4.90 Å². The summed E-state index contributed by atoms with van der Waals surface area (Å²) in [6.45, 7) is 3.96. The Hall–Kier alpha value is -1.44. The lowest BCUT2D eigenvalue weighted by Crippen LogP contribution is -2.23. The standard InChI is InChI=1S/C12H15N3O2S2/c1-8-3-4-12(11(13)5-8)19(16,17)15-7-10-6-14-9(2)18-10/h3-6,15H,7,13H2,1-2H3. The van der Waals surface area contributed by atoms with Crippen molar-refractivity contribution in [1.29, 1.82) is 0 Å². The molecule has 3 N–H and O–H groups in total. The molecular weight excluding hydrogens is 282 g/mol. The summed E-state index contributed by atoms with van der Waals surface area (Å²) in [5.74, 6) is 0. The Morgan fingerprint density at radius 3 is 2.68 bits per heavy atom. The summed E-state index contributed by atoms with van der Waals surface area (Å²) in [7, 11) is -3.59. The number of nitrogens with zero attached hydrogens (tertiary/aromatic N) is 1. The number of sulfonamides is 1. The van der Waals surface area contributed by atoms with Gasteiger partial charge in [0.25, 0.3) is 0 Å². The number of nitrogens with one attached hydrogen (secondary N) is 1. The van der Waals surface area contributed by atoms with Crippen LogP contribution in [0.3, 0.4) is 0 Å². The van der Waals surface area contributed by atoms with Gasteiger partial charge in [-0.2, -0.15) is 0 Å². The number of anilines is 1. The Labute approximate surface area is 116 Å². The maximum absolute atomic E-state index is 12.1. The van der Waals surface area contributed by atoms with E-state index in [1.165, 1.54) is 17.4 Å². The second kappa shape index (κ2) is 5.28. The lowest BCUT2D eigenvalue weighted by Gasteiger charge is -2.08. The number of hydrogen-bond donors (Lipinski definition) is 2. The fourth-order valence-electron chi connectivity index (χ4n) is 1.64. The van der Waals surface area contributed by atoms with Crippen molar-refractivity contribution in [3.63, 3.8) is 0 Å². The minimum atomic E-state index is -3.59. The SMILES string of the molecule is Cc1ccc(S(=O)(=O)NCc2cnc(C)s2)c(N)c1. The molecule has 0 aliphatic carbocycles. The first-order valence-corrected chi connectivity index (χ1v) is 7.95. The summed E-state index contributed by atoms with van der Waals surface area (Å²) in [4.78, 5) is 5.06. The van der Waals surface area contributed by atoms with E-state index in [2.05, 4.69) is 9.71 Å². The summed E-state index contributed by atoms with van der Waals surface area (Å²) in [5, 5.41) is 0.907. The minimum Gasteiger partial charge on any atom is -0.398 e. The van der Waals surface area contributed by atoms with Crippen molar-refractivity contribution in [3.8, 4) is 0 Å². The zero-order valence-corrected chi connectivity index (χ0v) is 12.3. The fourth-order valence-corrected chi connectivity index (χ4v) is 3.59. The largest absolute Gasteiger partial charge is 0.398 e. The summed E-state index contributed by atoms with van der Waals surface area (Å²) in [6, 6.07) is 4.89. The van der Waals surface area contributed by atoms with E-state index in [0.29, 0.717) is 0 Å². The highest BCUT2D eigenvalue weighted by Crippen LogP contribution is 2.20. The number of hydrogen-bond acceptors (Lipinski definition) is 5. The smallest absolute Gasteiger partial charge is 0.242 e. The highest BCUT2D eigenvalue weighted by Gasteiger charge is 2.17. The Kier molecular flexibility index (Phi) is 3.88. The van der Waals surface area contributed by atoms with Crippen LogP contribution >= 0.6 is 11.3 Å². The number of aryl methyl sites for hydroxylation is 2. The van der Waals surface area contributed by atoms with Crippen molar-refractivity contribution < 1.29 is 8.42 Å². The second-order valence-electron chi connectivity index (χ2n) is 4.21. The van der Waals surface area contributed by atoms with Crippen LogP contribution in [0.15, 0.2) is 29.3 Å². The second-order valence-corrected chi connectivity index (χ2v) is 7.27. The molecule has 1 heterocycles. The van der Waals surface area contributed by atoms with Gasteiger partial charge in [-0.1, -0.05) is 6.07 Å². The lowest BCUT2D eigenvalue weighted by molar-refractivity contribution is 0.582. The molecule has 1 aromatic carbocycles. The molecule has 0 aliphatic rings. The first-order chi connectivity index (χ1) is 8.88. The molecule has 0 bridgehead atoms. The van der Waals surface area contributed by atoms with Gasteiger partial charge in [-0.3, -0.25) is 0 Å². The number of nitrogen functional groups attached to an aromatic ring is 1. The summed E-state index contributed by atoms with van der Waals surface area (Å²) < 4.78 is 26.8. The van der Waals surface area contributed by atoms with Crippen LogP contribution in [0.5, 0.6) is 0 Å². The number of thiazole rings is 1. The van der Waals surface area contributed by atoms with Crippen LogP contribution < -0.4 is 10.5 Å². The fraction of sp³-hybridized carbons (Fsp3) is 0.250. The van der Waals surface area contributed by atoms with Gasteiger partial charge in [0.2, 0.25) is 10.0 Å². The third-order valence-electron chi connectivity index (χ3n) is 2.56. The van der Waals surface area contributed by atoms with E-state index in [-0.39, 0.29) is 17.1 Å². The van der Waals surface area contributed by atoms with E-state index >= 15 is 0 Å². The molecule has 19 heavy (non-hydrogen) atoms. The van der Waals surface area contributed by atoms with Crippen LogP contribution in [0.2, 0.25) is 0 Å². The van der Waals surface area contributed by atoms with Crippen LogP contribution in [0.4, 0.5) is 5.69 Å². The molecule has 0 fully saturated rings. The molecule has 2 rings (SSSR count). The van der Waals surface area contributed by atoms with Crippen molar-refractivity contribution in [3.05, 3.63) is 39.8 Å². The van der Waals surface area contributed by atoms with E-state index in [9.17, 15) is 8.42 Å². The lowest BCUT2D eigenvalue weighted by atomic mass is 10.2. The predicted octanol–water partition coefficient (Wildman–Crippen LogP) is 1.82. The van der Waals surface area contributed by atoms with E-state index < -0.39 is 10.0 Å². The third-order valence-corrected chi connectivity index (χ3v) is 4.95. The molecule has 0 spiro atoms. The molecule has 0 saturated heterocycles. The average Bonchev–Trinajstić information content (AvgIpc) is 2.72. The molecule has 0 radical (unpaired) electrons. The topological polar surface area (TPSA) is 85.1 Å². The van der Waals surface area contributed by atoms with Gasteiger partial charge in [0, 0.05) is 17.6 Å². The molecule has 102 valence electrons. The Morgan fingerprint density at radius 2 is 2.11 bits per heavy atom. The van der Waals surface area contributed by atoms with Crippen LogP contribution in [-0.2, 0) is 16.6 Å². The molecule has 5 nitrogen and oxygen atoms in total. The molecule has 1 aromatic heterocycles. The molecule has 0 saturated carbocycles. The van der Waals surface area contributed by atoms with E-state index in [4.69, 9.17) is 5.73 Å². The zero-order valence-electron chi connectivity index (χ0n) is 10.7.